The lowest BCUT2D eigenvalue weighted by molar-refractivity contribution is -0.625. The summed E-state index contributed by atoms with van der Waals surface area (Å²) in [5.74, 6) is 0.491. The molecule has 4 aromatic rings. The van der Waals surface area contributed by atoms with Crippen LogP contribution in [0.25, 0.3) is 17.1 Å². The highest BCUT2D eigenvalue weighted by Gasteiger charge is 2.24. The molecule has 0 saturated carbocycles. The fourth-order valence-electron chi connectivity index (χ4n) is 3.48. The number of hydrogen-bond donors (Lipinski definition) is 2. The number of thioether (sulfide) groups is 1. The Morgan fingerprint density at radius 3 is 2.66 bits per heavy atom. The SMILES string of the molecule is C=CCc1cccc(C=NNC(=O)CSc2n[nH]c(-c3ccccc3)[n+]2-c2ccc(C)cc2)c1[O-]. The molecule has 1 aromatic heterocycles. The van der Waals surface area contributed by atoms with Crippen LogP contribution in [-0.4, -0.2) is 28.1 Å². The van der Waals surface area contributed by atoms with E-state index in [0.717, 1.165) is 22.6 Å². The Kier molecular flexibility index (Phi) is 7.74. The van der Waals surface area contributed by atoms with E-state index in [2.05, 4.69) is 27.3 Å². The number of aromatic amines is 1. The number of rotatable bonds is 9. The predicted molar refractivity (Wildman–Crippen MR) is 137 cm³/mol. The standard InChI is InChI=1S/C27H25N5O2S/c1-3-8-20-11-7-12-22(25(20)34)17-28-29-24(33)18-35-27-31-30-26(21-9-5-4-6-10-21)32(27)23-15-13-19(2)14-16-23/h3-7,9-17H,1,8,18H2,2H3,(H2,28,29,33,34). The second-order valence-corrected chi connectivity index (χ2v) is 8.74. The molecule has 8 heteroatoms. The smallest absolute Gasteiger partial charge is 0.342 e. The molecule has 0 aliphatic heterocycles. The fraction of sp³-hybridized carbons (Fsp3) is 0.111. The first-order chi connectivity index (χ1) is 17.1. The van der Waals surface area contributed by atoms with Gasteiger partial charge in [-0.25, -0.2) is 5.43 Å². The maximum atomic E-state index is 12.4. The molecule has 35 heavy (non-hydrogen) atoms. The number of aromatic nitrogens is 3. The second-order valence-electron chi connectivity index (χ2n) is 7.80. The van der Waals surface area contributed by atoms with Gasteiger partial charge in [0.1, 0.15) is 5.69 Å². The van der Waals surface area contributed by atoms with Gasteiger partial charge >= 0.3 is 5.16 Å². The summed E-state index contributed by atoms with van der Waals surface area (Å²) in [6, 6.07) is 23.2. The Morgan fingerprint density at radius 2 is 1.91 bits per heavy atom. The van der Waals surface area contributed by atoms with E-state index >= 15 is 0 Å². The van der Waals surface area contributed by atoms with Crippen molar-refractivity contribution in [1.82, 2.24) is 15.6 Å². The molecule has 0 unspecified atom stereocenters. The average molecular weight is 484 g/mol. The van der Waals surface area contributed by atoms with Gasteiger partial charge < -0.3 is 5.11 Å². The zero-order valence-corrected chi connectivity index (χ0v) is 20.1. The van der Waals surface area contributed by atoms with Crippen LogP contribution in [-0.2, 0) is 11.2 Å². The minimum Gasteiger partial charge on any atom is -0.872 e. The lowest BCUT2D eigenvalue weighted by Gasteiger charge is -2.15. The molecule has 0 aliphatic carbocycles. The molecule has 0 radical (unpaired) electrons. The number of allylic oxidation sites excluding steroid dienone is 1. The minimum absolute atomic E-state index is 0.100. The minimum atomic E-state index is -0.305. The zero-order valence-electron chi connectivity index (χ0n) is 19.3. The summed E-state index contributed by atoms with van der Waals surface area (Å²) < 4.78 is 1.99. The zero-order chi connectivity index (χ0) is 24.6. The van der Waals surface area contributed by atoms with Gasteiger partial charge in [-0.3, -0.25) is 4.79 Å². The van der Waals surface area contributed by atoms with Crippen molar-refractivity contribution in [2.75, 3.05) is 5.75 Å². The van der Waals surface area contributed by atoms with Crippen LogP contribution in [0.3, 0.4) is 0 Å². The highest BCUT2D eigenvalue weighted by Crippen LogP contribution is 2.21. The number of nitrogens with zero attached hydrogens (tertiary/aromatic N) is 3. The van der Waals surface area contributed by atoms with Gasteiger partial charge in [0.2, 0.25) is 0 Å². The number of aryl methyl sites for hydroxylation is 1. The number of benzene rings is 3. The molecule has 0 spiro atoms. The molecule has 4 rings (SSSR count). The Balaban J connectivity index is 1.48. The van der Waals surface area contributed by atoms with E-state index < -0.39 is 0 Å². The summed E-state index contributed by atoms with van der Waals surface area (Å²) >= 11 is 1.29. The van der Waals surface area contributed by atoms with Crippen LogP contribution in [0, 0.1) is 6.92 Å². The van der Waals surface area contributed by atoms with Gasteiger partial charge in [0.25, 0.3) is 11.7 Å². The molecule has 0 atom stereocenters. The van der Waals surface area contributed by atoms with E-state index in [0.29, 0.717) is 22.7 Å². The first kappa shape index (κ1) is 24.0. The van der Waals surface area contributed by atoms with Gasteiger partial charge in [0, 0.05) is 0 Å². The lowest BCUT2D eigenvalue weighted by Crippen LogP contribution is -2.34. The van der Waals surface area contributed by atoms with Gasteiger partial charge in [-0.05, 0) is 54.9 Å². The van der Waals surface area contributed by atoms with Gasteiger partial charge in [-0.2, -0.15) is 9.67 Å². The maximum Gasteiger partial charge on any atom is 0.342 e. The number of carbonyl (C=O) groups is 1. The normalized spacial score (nSPS) is 11.0. The van der Waals surface area contributed by atoms with Crippen molar-refractivity contribution >= 4 is 23.9 Å². The number of hydrazone groups is 1. The number of amides is 1. The second kappa shape index (κ2) is 11.3. The van der Waals surface area contributed by atoms with Crippen LogP contribution >= 0.6 is 11.8 Å². The van der Waals surface area contributed by atoms with Crippen LogP contribution in [0.15, 0.2) is 95.7 Å². The van der Waals surface area contributed by atoms with Crippen LogP contribution in [0.4, 0.5) is 0 Å². The van der Waals surface area contributed by atoms with E-state index in [1.165, 1.54) is 18.0 Å². The monoisotopic (exact) mass is 483 g/mol. The van der Waals surface area contributed by atoms with Crippen molar-refractivity contribution in [3.05, 3.63) is 102 Å². The van der Waals surface area contributed by atoms with Gasteiger partial charge in [0.05, 0.1) is 22.6 Å². The lowest BCUT2D eigenvalue weighted by atomic mass is 10.1. The van der Waals surface area contributed by atoms with Crippen LogP contribution in [0.2, 0.25) is 0 Å². The molecule has 1 amide bonds. The summed E-state index contributed by atoms with van der Waals surface area (Å²) in [6.07, 6.45) is 3.53. The third kappa shape index (κ3) is 5.85. The first-order valence-electron chi connectivity index (χ1n) is 11.0. The van der Waals surface area contributed by atoms with Crippen molar-refractivity contribution in [1.29, 1.82) is 0 Å². The van der Waals surface area contributed by atoms with Crippen molar-refractivity contribution in [3.8, 4) is 22.8 Å². The van der Waals surface area contributed by atoms with Crippen LogP contribution in [0.5, 0.6) is 5.75 Å². The van der Waals surface area contributed by atoms with E-state index in [1.54, 1.807) is 24.3 Å². The van der Waals surface area contributed by atoms with Gasteiger partial charge in [-0.1, -0.05) is 71.5 Å². The topological polar surface area (TPSA) is 97.1 Å². The summed E-state index contributed by atoms with van der Waals surface area (Å²) in [4.78, 5) is 12.4. The Hall–Kier alpha value is -4.17. The van der Waals surface area contributed by atoms with Gasteiger partial charge in [-0.15, -0.1) is 11.7 Å². The van der Waals surface area contributed by atoms with E-state index in [-0.39, 0.29) is 17.4 Å². The van der Waals surface area contributed by atoms with Crippen molar-refractivity contribution < 1.29 is 14.5 Å². The van der Waals surface area contributed by atoms with Crippen LogP contribution in [0.1, 0.15) is 16.7 Å². The fourth-order valence-corrected chi connectivity index (χ4v) is 4.24. The van der Waals surface area contributed by atoms with Crippen molar-refractivity contribution in [2.24, 2.45) is 5.10 Å². The van der Waals surface area contributed by atoms with Crippen LogP contribution < -0.4 is 15.1 Å². The number of nitrogens with one attached hydrogen (secondary N) is 2. The number of carbonyl (C=O) groups excluding carboxylic acids is 1. The van der Waals surface area contributed by atoms with Gasteiger partial charge in [0.15, 0.2) is 0 Å². The first-order valence-corrected chi connectivity index (χ1v) is 12.0. The molecule has 0 fully saturated rings. The molecule has 0 aliphatic rings. The molecule has 3 aromatic carbocycles. The maximum absolute atomic E-state index is 12.4. The molecular formula is C27H25N5O2S. The Bertz CT molecular complexity index is 1350. The predicted octanol–water partition coefficient (Wildman–Crippen LogP) is 3.71. The van der Waals surface area contributed by atoms with Crippen molar-refractivity contribution in [2.45, 2.75) is 18.5 Å². The third-order valence-electron chi connectivity index (χ3n) is 5.23. The summed E-state index contributed by atoms with van der Waals surface area (Å²) in [5.41, 5.74) is 6.61. The van der Waals surface area contributed by atoms with E-state index in [9.17, 15) is 9.90 Å². The van der Waals surface area contributed by atoms with E-state index in [4.69, 9.17) is 0 Å². The number of para-hydroxylation sites is 1. The molecule has 2 N–H and O–H groups in total. The van der Waals surface area contributed by atoms with E-state index in [1.807, 2.05) is 66.1 Å². The third-order valence-corrected chi connectivity index (χ3v) is 6.17. The summed E-state index contributed by atoms with van der Waals surface area (Å²) in [5, 5.41) is 24.6. The highest BCUT2D eigenvalue weighted by molar-refractivity contribution is 7.99. The van der Waals surface area contributed by atoms with Crippen molar-refractivity contribution in [3.63, 3.8) is 0 Å². The molecule has 0 saturated heterocycles. The molecule has 0 bridgehead atoms. The molecular weight excluding hydrogens is 458 g/mol. The number of H-pyrrole nitrogens is 1. The molecule has 1 heterocycles. The largest absolute Gasteiger partial charge is 0.872 e. The average Bonchev–Trinajstić information content (AvgIpc) is 3.30. The molecule has 7 nitrogen and oxygen atoms in total. The number of hydrogen-bond acceptors (Lipinski definition) is 5. The summed E-state index contributed by atoms with van der Waals surface area (Å²) in [6.45, 7) is 5.70. The molecule has 176 valence electrons. The Labute approximate surface area is 208 Å². The quantitative estimate of drug-likeness (QED) is 0.125. The Morgan fingerprint density at radius 1 is 1.14 bits per heavy atom. The highest BCUT2D eigenvalue weighted by atomic mass is 32.2. The summed E-state index contributed by atoms with van der Waals surface area (Å²) in [7, 11) is 0.